The molecule has 24 heavy (non-hydrogen) atoms. The fourth-order valence-corrected chi connectivity index (χ4v) is 4.83. The third kappa shape index (κ3) is 2.58. The van der Waals surface area contributed by atoms with Crippen molar-refractivity contribution in [3.63, 3.8) is 0 Å². The highest BCUT2D eigenvalue weighted by atomic mass is 16.3. The molecule has 1 saturated carbocycles. The summed E-state index contributed by atoms with van der Waals surface area (Å²) >= 11 is 0. The number of aliphatic hydroxyl groups excluding tert-OH is 1. The molecule has 128 valence electrons. The van der Waals surface area contributed by atoms with E-state index in [1.165, 1.54) is 0 Å². The van der Waals surface area contributed by atoms with Crippen molar-refractivity contribution in [2.45, 2.75) is 44.8 Å². The first-order valence-electron chi connectivity index (χ1n) is 9.07. The van der Waals surface area contributed by atoms with E-state index in [0.29, 0.717) is 6.54 Å². The standard InChI is InChI=1S/C20H26N2O2/c1-21-17-7-3-2-6-15(17)12-16(19(21)24)13-22-11-5-10-20(14-22)9-4-8-18(20)23/h2-3,6-7,12,18,23H,4-5,8-11,13-14H2,1H3/t18-,20-/m1/s1. The Kier molecular flexibility index (Phi) is 3.97. The van der Waals surface area contributed by atoms with Crippen LogP contribution in [-0.4, -0.2) is 33.8 Å². The molecule has 1 saturated heterocycles. The molecule has 1 aromatic carbocycles. The Balaban J connectivity index is 1.62. The molecule has 4 rings (SSSR count). The number of likely N-dealkylation sites (tertiary alicyclic amines) is 1. The van der Waals surface area contributed by atoms with Crippen LogP contribution in [0.4, 0.5) is 0 Å². The van der Waals surface area contributed by atoms with Gasteiger partial charge in [0.25, 0.3) is 5.56 Å². The van der Waals surface area contributed by atoms with Crippen molar-refractivity contribution in [1.29, 1.82) is 0 Å². The number of para-hydroxylation sites is 1. The van der Waals surface area contributed by atoms with Gasteiger partial charge in [-0.3, -0.25) is 9.69 Å². The van der Waals surface area contributed by atoms with Gasteiger partial charge in [0.15, 0.2) is 0 Å². The van der Waals surface area contributed by atoms with Crippen molar-refractivity contribution in [1.82, 2.24) is 9.47 Å². The quantitative estimate of drug-likeness (QED) is 0.923. The fraction of sp³-hybridized carbons (Fsp3) is 0.550. The summed E-state index contributed by atoms with van der Waals surface area (Å²) in [6, 6.07) is 10.1. The van der Waals surface area contributed by atoms with Gasteiger partial charge in [0.05, 0.1) is 11.6 Å². The maximum Gasteiger partial charge on any atom is 0.255 e. The summed E-state index contributed by atoms with van der Waals surface area (Å²) in [4.78, 5) is 15.1. The number of nitrogens with zero attached hydrogens (tertiary/aromatic N) is 2. The number of aromatic nitrogens is 1. The molecule has 0 amide bonds. The van der Waals surface area contributed by atoms with Crippen molar-refractivity contribution in [2.24, 2.45) is 12.5 Å². The number of hydrogen-bond donors (Lipinski definition) is 1. The molecule has 2 heterocycles. The Morgan fingerprint density at radius 3 is 2.83 bits per heavy atom. The Bertz CT molecular complexity index is 813. The minimum atomic E-state index is -0.167. The monoisotopic (exact) mass is 326 g/mol. The summed E-state index contributed by atoms with van der Waals surface area (Å²) in [6.45, 7) is 2.63. The Morgan fingerprint density at radius 1 is 1.25 bits per heavy atom. The summed E-state index contributed by atoms with van der Waals surface area (Å²) < 4.78 is 1.76. The minimum Gasteiger partial charge on any atom is -0.393 e. The Labute approximate surface area is 142 Å². The first-order valence-corrected chi connectivity index (χ1v) is 9.07. The van der Waals surface area contributed by atoms with Gasteiger partial charge < -0.3 is 9.67 Å². The molecule has 2 fully saturated rings. The summed E-state index contributed by atoms with van der Waals surface area (Å²) in [5.41, 5.74) is 2.01. The van der Waals surface area contributed by atoms with Crippen molar-refractivity contribution >= 4 is 10.9 Å². The molecule has 2 atom stereocenters. The van der Waals surface area contributed by atoms with Gasteiger partial charge in [-0.2, -0.15) is 0 Å². The SMILES string of the molecule is Cn1c(=O)c(CN2CCC[C@]3(CCC[C@H]3O)C2)cc2ccccc21. The third-order valence-corrected chi connectivity index (χ3v) is 6.15. The molecule has 0 unspecified atom stereocenters. The second kappa shape index (κ2) is 6.01. The lowest BCUT2D eigenvalue weighted by Crippen LogP contribution is -2.47. The molecule has 1 N–H and O–H groups in total. The normalized spacial score (nSPS) is 28.0. The summed E-state index contributed by atoms with van der Waals surface area (Å²) in [5.74, 6) is 0. The lowest BCUT2D eigenvalue weighted by Gasteiger charge is -2.42. The number of aliphatic hydroxyl groups is 1. The van der Waals surface area contributed by atoms with Crippen LogP contribution in [0.1, 0.15) is 37.7 Å². The van der Waals surface area contributed by atoms with Crippen molar-refractivity contribution < 1.29 is 5.11 Å². The van der Waals surface area contributed by atoms with E-state index in [1.54, 1.807) is 4.57 Å². The largest absolute Gasteiger partial charge is 0.393 e. The van der Waals surface area contributed by atoms with Crippen molar-refractivity contribution in [2.75, 3.05) is 13.1 Å². The number of rotatable bonds is 2. The number of aryl methyl sites for hydroxylation is 1. The molecule has 1 aliphatic carbocycles. The molecule has 4 nitrogen and oxygen atoms in total. The van der Waals surface area contributed by atoms with E-state index in [2.05, 4.69) is 11.0 Å². The number of pyridine rings is 1. The highest BCUT2D eigenvalue weighted by Crippen LogP contribution is 2.45. The van der Waals surface area contributed by atoms with Crippen LogP contribution in [0.25, 0.3) is 10.9 Å². The van der Waals surface area contributed by atoms with Gasteiger partial charge in [0.2, 0.25) is 0 Å². The van der Waals surface area contributed by atoms with Gasteiger partial charge in [-0.1, -0.05) is 24.6 Å². The summed E-state index contributed by atoms with van der Waals surface area (Å²) in [7, 11) is 1.85. The van der Waals surface area contributed by atoms with Gasteiger partial charge in [0.1, 0.15) is 0 Å². The van der Waals surface area contributed by atoms with E-state index in [-0.39, 0.29) is 17.1 Å². The summed E-state index contributed by atoms with van der Waals surface area (Å²) in [5, 5.41) is 11.5. The third-order valence-electron chi connectivity index (χ3n) is 6.15. The predicted octanol–water partition coefficient (Wildman–Crippen LogP) is 2.67. The second-order valence-corrected chi connectivity index (χ2v) is 7.68. The molecule has 0 radical (unpaired) electrons. The topological polar surface area (TPSA) is 45.5 Å². The maximum atomic E-state index is 12.7. The van der Waals surface area contributed by atoms with E-state index in [4.69, 9.17) is 0 Å². The molecule has 0 bridgehead atoms. The second-order valence-electron chi connectivity index (χ2n) is 7.68. The van der Waals surface area contributed by atoms with Crippen LogP contribution in [0.3, 0.4) is 0 Å². The van der Waals surface area contributed by atoms with Gasteiger partial charge in [-0.25, -0.2) is 0 Å². The summed E-state index contributed by atoms with van der Waals surface area (Å²) in [6.07, 6.45) is 5.27. The first kappa shape index (κ1) is 15.9. The van der Waals surface area contributed by atoms with Gasteiger partial charge in [-0.05, 0) is 49.7 Å². The first-order chi connectivity index (χ1) is 11.6. The maximum absolute atomic E-state index is 12.7. The number of fused-ring (bicyclic) bond motifs is 1. The van der Waals surface area contributed by atoms with Crippen LogP contribution in [0.15, 0.2) is 35.1 Å². The van der Waals surface area contributed by atoms with Gasteiger partial charge in [0, 0.05) is 31.1 Å². The van der Waals surface area contributed by atoms with Crippen molar-refractivity contribution in [3.05, 3.63) is 46.2 Å². The zero-order valence-corrected chi connectivity index (χ0v) is 14.4. The molecular formula is C20H26N2O2. The number of piperidine rings is 1. The van der Waals surface area contributed by atoms with Crippen LogP contribution in [-0.2, 0) is 13.6 Å². The van der Waals surface area contributed by atoms with Crippen LogP contribution >= 0.6 is 0 Å². The van der Waals surface area contributed by atoms with Crippen LogP contribution in [0.5, 0.6) is 0 Å². The van der Waals surface area contributed by atoms with E-state index >= 15 is 0 Å². The lowest BCUT2D eigenvalue weighted by atomic mass is 9.76. The lowest BCUT2D eigenvalue weighted by molar-refractivity contribution is -0.0121. The number of hydrogen-bond acceptors (Lipinski definition) is 3. The van der Waals surface area contributed by atoms with Gasteiger partial charge >= 0.3 is 0 Å². The minimum absolute atomic E-state index is 0.0698. The van der Waals surface area contributed by atoms with E-state index < -0.39 is 0 Å². The highest BCUT2D eigenvalue weighted by molar-refractivity contribution is 5.79. The molecule has 2 aromatic rings. The van der Waals surface area contributed by atoms with Crippen LogP contribution in [0, 0.1) is 5.41 Å². The average molecular weight is 326 g/mol. The van der Waals surface area contributed by atoms with Crippen LogP contribution in [0.2, 0.25) is 0 Å². The predicted molar refractivity (Wildman–Crippen MR) is 96.0 cm³/mol. The average Bonchev–Trinajstić information content (AvgIpc) is 2.92. The molecular weight excluding hydrogens is 300 g/mol. The van der Waals surface area contributed by atoms with Gasteiger partial charge in [-0.15, -0.1) is 0 Å². The highest BCUT2D eigenvalue weighted by Gasteiger charge is 2.44. The van der Waals surface area contributed by atoms with E-state index in [9.17, 15) is 9.90 Å². The Morgan fingerprint density at radius 2 is 2.04 bits per heavy atom. The van der Waals surface area contributed by atoms with Crippen LogP contribution < -0.4 is 5.56 Å². The molecule has 1 aromatic heterocycles. The smallest absolute Gasteiger partial charge is 0.255 e. The molecule has 1 spiro atoms. The van der Waals surface area contributed by atoms with Crippen molar-refractivity contribution in [3.8, 4) is 0 Å². The zero-order chi connectivity index (χ0) is 16.7. The molecule has 4 heteroatoms. The number of benzene rings is 1. The fourth-order valence-electron chi connectivity index (χ4n) is 4.83. The Hall–Kier alpha value is -1.65. The van der Waals surface area contributed by atoms with E-state index in [0.717, 1.165) is 61.7 Å². The zero-order valence-electron chi connectivity index (χ0n) is 14.4. The van der Waals surface area contributed by atoms with E-state index in [1.807, 2.05) is 31.3 Å². The molecule has 1 aliphatic heterocycles. The molecule has 2 aliphatic rings.